The Morgan fingerprint density at radius 1 is 0.920 bits per heavy atom. The number of benzene rings is 3. The Morgan fingerprint density at radius 2 is 1.48 bits per heavy atom. The number of aryl methyl sites for hydroxylation is 1. The second-order valence-electron chi connectivity index (χ2n) is 6.04. The average Bonchev–Trinajstić information content (AvgIpc) is 2.67. The van der Waals surface area contributed by atoms with Gasteiger partial charge in [-0.2, -0.15) is 0 Å². The third-order valence-corrected chi connectivity index (χ3v) is 4.26. The van der Waals surface area contributed by atoms with E-state index in [0.717, 1.165) is 22.3 Å². The van der Waals surface area contributed by atoms with Gasteiger partial charge in [-0.15, -0.1) is 0 Å². The van der Waals surface area contributed by atoms with Gasteiger partial charge in [-0.05, 0) is 30.2 Å². The second kappa shape index (κ2) is 7.37. The van der Waals surface area contributed by atoms with E-state index in [1.165, 1.54) is 0 Å². The zero-order chi connectivity index (χ0) is 17.7. The van der Waals surface area contributed by atoms with Crippen molar-refractivity contribution in [2.45, 2.75) is 12.5 Å². The fraction of sp³-hybridized carbons (Fsp3) is 0.130. The summed E-state index contributed by atoms with van der Waals surface area (Å²) in [6, 6.07) is 25.3. The van der Waals surface area contributed by atoms with Crippen molar-refractivity contribution >= 4 is 0 Å². The van der Waals surface area contributed by atoms with Crippen LogP contribution in [0.25, 0.3) is 0 Å². The Morgan fingerprint density at radius 3 is 2.00 bits per heavy atom. The molecule has 0 aromatic heterocycles. The second-order valence-corrected chi connectivity index (χ2v) is 6.04. The van der Waals surface area contributed by atoms with Gasteiger partial charge in [0.2, 0.25) is 0 Å². The van der Waals surface area contributed by atoms with E-state index in [4.69, 9.17) is 4.74 Å². The predicted octanol–water partition coefficient (Wildman–Crippen LogP) is 4.84. The van der Waals surface area contributed by atoms with Crippen LogP contribution >= 0.6 is 0 Å². The SMILES string of the molecule is C=CCOc1ccc(C)cc1C(O)(c1ccccc1)c1ccccc1. The monoisotopic (exact) mass is 330 g/mol. The third-order valence-electron chi connectivity index (χ3n) is 4.26. The lowest BCUT2D eigenvalue weighted by Crippen LogP contribution is -2.29. The highest BCUT2D eigenvalue weighted by Gasteiger charge is 2.36. The summed E-state index contributed by atoms with van der Waals surface area (Å²) in [5.41, 5.74) is 2.09. The van der Waals surface area contributed by atoms with Crippen LogP contribution in [-0.2, 0) is 5.60 Å². The van der Waals surface area contributed by atoms with Crippen molar-refractivity contribution in [2.75, 3.05) is 6.61 Å². The summed E-state index contributed by atoms with van der Waals surface area (Å²) >= 11 is 0. The lowest BCUT2D eigenvalue weighted by Gasteiger charge is -2.32. The molecule has 1 N–H and O–H groups in total. The molecule has 0 fully saturated rings. The number of rotatable bonds is 6. The minimum absolute atomic E-state index is 0.385. The first-order valence-electron chi connectivity index (χ1n) is 8.34. The van der Waals surface area contributed by atoms with E-state index in [9.17, 15) is 5.11 Å². The summed E-state index contributed by atoms with van der Waals surface area (Å²) in [5, 5.41) is 11.9. The minimum atomic E-state index is -1.30. The van der Waals surface area contributed by atoms with Gasteiger partial charge in [-0.3, -0.25) is 0 Å². The molecule has 0 saturated heterocycles. The van der Waals surface area contributed by atoms with Crippen LogP contribution < -0.4 is 4.74 Å². The molecular weight excluding hydrogens is 308 g/mol. The zero-order valence-corrected chi connectivity index (χ0v) is 14.4. The molecular formula is C23H22O2. The Hall–Kier alpha value is -2.84. The Balaban J connectivity index is 2.26. The molecule has 0 aliphatic rings. The van der Waals surface area contributed by atoms with Crippen LogP contribution in [0.15, 0.2) is 91.5 Å². The molecule has 2 nitrogen and oxygen atoms in total. The van der Waals surface area contributed by atoms with Gasteiger partial charge in [-0.1, -0.05) is 84.9 Å². The van der Waals surface area contributed by atoms with Gasteiger partial charge in [0.25, 0.3) is 0 Å². The van der Waals surface area contributed by atoms with Gasteiger partial charge in [0.1, 0.15) is 18.0 Å². The Labute approximate surface area is 149 Å². The van der Waals surface area contributed by atoms with Gasteiger partial charge in [0.15, 0.2) is 0 Å². The van der Waals surface area contributed by atoms with Gasteiger partial charge in [-0.25, -0.2) is 0 Å². The van der Waals surface area contributed by atoms with E-state index in [1.807, 2.05) is 85.8 Å². The number of ether oxygens (including phenoxy) is 1. The minimum Gasteiger partial charge on any atom is -0.489 e. The highest BCUT2D eigenvalue weighted by molar-refractivity contribution is 5.53. The van der Waals surface area contributed by atoms with Crippen LogP contribution in [0.2, 0.25) is 0 Å². The molecule has 3 rings (SSSR count). The summed E-state index contributed by atoms with van der Waals surface area (Å²) < 4.78 is 5.85. The average molecular weight is 330 g/mol. The molecule has 25 heavy (non-hydrogen) atoms. The standard InChI is InChI=1S/C23H22O2/c1-3-16-25-22-15-14-18(2)17-21(22)23(24,19-10-6-4-7-11-19)20-12-8-5-9-13-20/h3-15,17,24H,1,16H2,2H3. The fourth-order valence-corrected chi connectivity index (χ4v) is 3.04. The summed E-state index contributed by atoms with van der Waals surface area (Å²) in [6.45, 7) is 6.11. The lowest BCUT2D eigenvalue weighted by atomic mass is 9.79. The van der Waals surface area contributed by atoms with E-state index >= 15 is 0 Å². The van der Waals surface area contributed by atoms with Crippen LogP contribution in [0.4, 0.5) is 0 Å². The highest BCUT2D eigenvalue weighted by Crippen LogP contribution is 2.41. The Bertz CT molecular complexity index is 799. The number of hydrogen-bond donors (Lipinski definition) is 1. The van der Waals surface area contributed by atoms with Crippen molar-refractivity contribution in [3.8, 4) is 5.75 Å². The maximum Gasteiger partial charge on any atom is 0.144 e. The fourth-order valence-electron chi connectivity index (χ4n) is 3.04. The molecule has 2 heteroatoms. The van der Waals surface area contributed by atoms with Crippen LogP contribution in [0.1, 0.15) is 22.3 Å². The maximum atomic E-state index is 11.9. The van der Waals surface area contributed by atoms with Crippen LogP contribution in [-0.4, -0.2) is 11.7 Å². The molecule has 0 aliphatic carbocycles. The van der Waals surface area contributed by atoms with Gasteiger partial charge >= 0.3 is 0 Å². The highest BCUT2D eigenvalue weighted by atomic mass is 16.5. The molecule has 0 bridgehead atoms. The maximum absolute atomic E-state index is 11.9. The first-order valence-corrected chi connectivity index (χ1v) is 8.34. The first-order chi connectivity index (χ1) is 12.2. The number of hydrogen-bond acceptors (Lipinski definition) is 2. The summed E-state index contributed by atoms with van der Waals surface area (Å²) in [7, 11) is 0. The molecule has 126 valence electrons. The van der Waals surface area contributed by atoms with Gasteiger partial charge in [0.05, 0.1) is 0 Å². The van der Waals surface area contributed by atoms with Crippen LogP contribution in [0.5, 0.6) is 5.75 Å². The van der Waals surface area contributed by atoms with Crippen molar-refractivity contribution in [3.63, 3.8) is 0 Å². The van der Waals surface area contributed by atoms with Gasteiger partial charge in [0, 0.05) is 5.56 Å². The molecule has 0 unspecified atom stereocenters. The van der Waals surface area contributed by atoms with Crippen molar-refractivity contribution in [2.24, 2.45) is 0 Å². The molecule has 0 saturated carbocycles. The van der Waals surface area contributed by atoms with Gasteiger partial charge < -0.3 is 9.84 Å². The molecule has 3 aromatic rings. The topological polar surface area (TPSA) is 29.5 Å². The molecule has 0 heterocycles. The van der Waals surface area contributed by atoms with Crippen molar-refractivity contribution in [1.29, 1.82) is 0 Å². The number of aliphatic hydroxyl groups is 1. The molecule has 0 amide bonds. The largest absolute Gasteiger partial charge is 0.489 e. The molecule has 0 atom stereocenters. The predicted molar refractivity (Wildman–Crippen MR) is 102 cm³/mol. The Kier molecular flexibility index (Phi) is 5.01. The van der Waals surface area contributed by atoms with Crippen molar-refractivity contribution in [1.82, 2.24) is 0 Å². The van der Waals surface area contributed by atoms with E-state index in [-0.39, 0.29) is 0 Å². The quantitative estimate of drug-likeness (QED) is 0.517. The summed E-state index contributed by atoms with van der Waals surface area (Å²) in [4.78, 5) is 0. The first kappa shape index (κ1) is 17.0. The molecule has 0 radical (unpaired) electrons. The normalized spacial score (nSPS) is 11.1. The summed E-state index contributed by atoms with van der Waals surface area (Å²) in [5.74, 6) is 0.653. The van der Waals surface area contributed by atoms with Crippen LogP contribution in [0.3, 0.4) is 0 Å². The van der Waals surface area contributed by atoms with Crippen molar-refractivity contribution in [3.05, 3.63) is 114 Å². The lowest BCUT2D eigenvalue weighted by molar-refractivity contribution is 0.121. The zero-order valence-electron chi connectivity index (χ0n) is 14.4. The molecule has 0 spiro atoms. The van der Waals surface area contributed by atoms with E-state index in [1.54, 1.807) is 6.08 Å². The summed E-state index contributed by atoms with van der Waals surface area (Å²) in [6.07, 6.45) is 1.70. The van der Waals surface area contributed by atoms with Crippen LogP contribution in [0, 0.1) is 6.92 Å². The third kappa shape index (κ3) is 3.35. The van der Waals surface area contributed by atoms with E-state index < -0.39 is 5.60 Å². The van der Waals surface area contributed by atoms with E-state index in [0.29, 0.717) is 12.4 Å². The van der Waals surface area contributed by atoms with E-state index in [2.05, 4.69) is 6.58 Å². The molecule has 0 aliphatic heterocycles. The molecule has 3 aromatic carbocycles. The van der Waals surface area contributed by atoms with Crippen molar-refractivity contribution < 1.29 is 9.84 Å². The smallest absolute Gasteiger partial charge is 0.144 e.